The fraction of sp³-hybridized carbons (Fsp3) is 0.350. The second-order valence-electron chi connectivity index (χ2n) is 6.36. The number of para-hydroxylation sites is 1. The molecule has 1 aliphatic heterocycles. The van der Waals surface area contributed by atoms with Crippen molar-refractivity contribution in [1.29, 1.82) is 0 Å². The highest BCUT2D eigenvalue weighted by atomic mass is 35.5. The van der Waals surface area contributed by atoms with Crippen LogP contribution >= 0.6 is 12.4 Å². The van der Waals surface area contributed by atoms with Gasteiger partial charge in [0.05, 0.1) is 13.0 Å². The number of benzene rings is 2. The van der Waals surface area contributed by atoms with E-state index < -0.39 is 11.6 Å². The van der Waals surface area contributed by atoms with Crippen LogP contribution in [0.4, 0.5) is 8.78 Å². The van der Waals surface area contributed by atoms with Crippen molar-refractivity contribution < 1.29 is 18.3 Å². The lowest BCUT2D eigenvalue weighted by Gasteiger charge is -2.33. The van der Waals surface area contributed by atoms with Gasteiger partial charge in [0.1, 0.15) is 5.75 Å². The zero-order chi connectivity index (χ0) is 18.4. The third-order valence-electron chi connectivity index (χ3n) is 4.54. The van der Waals surface area contributed by atoms with Gasteiger partial charge in [-0.2, -0.15) is 0 Å². The van der Waals surface area contributed by atoms with Crippen molar-refractivity contribution in [3.8, 4) is 5.75 Å². The second kappa shape index (κ2) is 10.2. The quantitative estimate of drug-likeness (QED) is 0.786. The summed E-state index contributed by atoms with van der Waals surface area (Å²) >= 11 is 0. The molecule has 0 spiro atoms. The van der Waals surface area contributed by atoms with Crippen molar-refractivity contribution in [3.63, 3.8) is 0 Å². The molecule has 1 saturated heterocycles. The van der Waals surface area contributed by atoms with Crippen LogP contribution in [0.2, 0.25) is 0 Å². The number of nitrogens with one attached hydrogen (secondary N) is 2. The summed E-state index contributed by atoms with van der Waals surface area (Å²) in [6, 6.07) is 13.1. The van der Waals surface area contributed by atoms with E-state index in [-0.39, 0.29) is 43.3 Å². The molecule has 2 aromatic carbocycles. The molecule has 3 rings (SSSR count). The van der Waals surface area contributed by atoms with Gasteiger partial charge in [-0.3, -0.25) is 4.79 Å². The van der Waals surface area contributed by atoms with E-state index >= 15 is 0 Å². The Morgan fingerprint density at radius 2 is 1.93 bits per heavy atom. The average molecular weight is 397 g/mol. The van der Waals surface area contributed by atoms with Gasteiger partial charge in [-0.1, -0.05) is 24.3 Å². The lowest BCUT2D eigenvalue weighted by atomic mass is 9.86. The number of rotatable bonds is 6. The molecule has 7 heteroatoms. The number of carbonyl (C=O) groups excluding carboxylic acids is 1. The summed E-state index contributed by atoms with van der Waals surface area (Å²) in [7, 11) is 0. The maximum absolute atomic E-state index is 13.6. The van der Waals surface area contributed by atoms with E-state index in [1.165, 1.54) is 6.07 Å². The van der Waals surface area contributed by atoms with Crippen LogP contribution in [0.1, 0.15) is 24.3 Å². The smallest absolute Gasteiger partial charge is 0.223 e. The van der Waals surface area contributed by atoms with Crippen LogP contribution in [0.3, 0.4) is 0 Å². The SMILES string of the molecule is Cl.O=C(CCOc1ccccc1)NC1CNCCC1c1ccc(F)c(F)c1. The van der Waals surface area contributed by atoms with Crippen LogP contribution < -0.4 is 15.4 Å². The van der Waals surface area contributed by atoms with Crippen LogP contribution in [-0.2, 0) is 4.79 Å². The molecule has 0 aromatic heterocycles. The monoisotopic (exact) mass is 396 g/mol. The van der Waals surface area contributed by atoms with Gasteiger partial charge < -0.3 is 15.4 Å². The minimum Gasteiger partial charge on any atom is -0.493 e. The maximum atomic E-state index is 13.6. The lowest BCUT2D eigenvalue weighted by Crippen LogP contribution is -2.50. The third kappa shape index (κ3) is 5.91. The number of hydrogen-bond acceptors (Lipinski definition) is 3. The normalized spacial score (nSPS) is 19.0. The maximum Gasteiger partial charge on any atom is 0.223 e. The number of halogens is 3. The molecule has 0 bridgehead atoms. The van der Waals surface area contributed by atoms with Gasteiger partial charge in [-0.05, 0) is 42.8 Å². The van der Waals surface area contributed by atoms with Gasteiger partial charge in [0.25, 0.3) is 0 Å². The largest absolute Gasteiger partial charge is 0.493 e. The average Bonchev–Trinajstić information content (AvgIpc) is 2.65. The minimum absolute atomic E-state index is 0. The number of piperidine rings is 1. The Morgan fingerprint density at radius 3 is 2.67 bits per heavy atom. The van der Waals surface area contributed by atoms with Crippen molar-refractivity contribution in [1.82, 2.24) is 10.6 Å². The summed E-state index contributed by atoms with van der Waals surface area (Å²) < 4.78 is 32.3. The topological polar surface area (TPSA) is 50.4 Å². The molecule has 4 nitrogen and oxygen atoms in total. The van der Waals surface area contributed by atoms with Crippen LogP contribution in [-0.4, -0.2) is 31.6 Å². The van der Waals surface area contributed by atoms with E-state index in [9.17, 15) is 13.6 Å². The first-order chi connectivity index (χ1) is 12.6. The van der Waals surface area contributed by atoms with E-state index in [2.05, 4.69) is 10.6 Å². The Balaban J connectivity index is 0.00000261. The third-order valence-corrected chi connectivity index (χ3v) is 4.54. The number of ether oxygens (including phenoxy) is 1. The Hall–Kier alpha value is -2.18. The predicted molar refractivity (Wildman–Crippen MR) is 102 cm³/mol. The molecule has 0 radical (unpaired) electrons. The fourth-order valence-electron chi connectivity index (χ4n) is 3.21. The molecule has 2 atom stereocenters. The van der Waals surface area contributed by atoms with E-state index in [0.29, 0.717) is 12.1 Å². The van der Waals surface area contributed by atoms with Gasteiger partial charge in [-0.15, -0.1) is 12.4 Å². The molecule has 2 aromatic rings. The van der Waals surface area contributed by atoms with Crippen molar-refractivity contribution in [3.05, 3.63) is 65.7 Å². The molecule has 1 fully saturated rings. The highest BCUT2D eigenvalue weighted by Gasteiger charge is 2.28. The van der Waals surface area contributed by atoms with E-state index in [1.54, 1.807) is 6.07 Å². The summed E-state index contributed by atoms with van der Waals surface area (Å²) in [5.41, 5.74) is 0.705. The van der Waals surface area contributed by atoms with Gasteiger partial charge in [0.15, 0.2) is 11.6 Å². The zero-order valence-corrected chi connectivity index (χ0v) is 15.6. The van der Waals surface area contributed by atoms with Crippen LogP contribution in [0.5, 0.6) is 5.75 Å². The number of amides is 1. The van der Waals surface area contributed by atoms with Gasteiger partial charge in [0.2, 0.25) is 5.91 Å². The van der Waals surface area contributed by atoms with Crippen molar-refractivity contribution in [2.75, 3.05) is 19.7 Å². The molecule has 1 amide bonds. The zero-order valence-electron chi connectivity index (χ0n) is 14.8. The van der Waals surface area contributed by atoms with Gasteiger partial charge in [0, 0.05) is 18.5 Å². The molecule has 1 heterocycles. The van der Waals surface area contributed by atoms with Crippen molar-refractivity contribution in [2.45, 2.75) is 24.8 Å². The van der Waals surface area contributed by atoms with Crippen LogP contribution in [0.25, 0.3) is 0 Å². The minimum atomic E-state index is -0.860. The molecule has 1 aliphatic rings. The van der Waals surface area contributed by atoms with Crippen molar-refractivity contribution in [2.24, 2.45) is 0 Å². The van der Waals surface area contributed by atoms with E-state index in [4.69, 9.17) is 4.74 Å². The summed E-state index contributed by atoms with van der Waals surface area (Å²) in [4.78, 5) is 12.2. The Kier molecular flexibility index (Phi) is 8.00. The summed E-state index contributed by atoms with van der Waals surface area (Å²) in [6.45, 7) is 1.65. The molecule has 0 aliphatic carbocycles. The molecule has 2 unspecified atom stereocenters. The Morgan fingerprint density at radius 1 is 1.15 bits per heavy atom. The second-order valence-corrected chi connectivity index (χ2v) is 6.36. The molecule has 27 heavy (non-hydrogen) atoms. The standard InChI is InChI=1S/C20H22F2N2O2.ClH/c21-17-7-6-14(12-18(17)22)16-8-10-23-13-19(16)24-20(25)9-11-26-15-4-2-1-3-5-15;/h1-7,12,16,19,23H,8-11,13H2,(H,24,25);1H. The Labute approximate surface area is 163 Å². The summed E-state index contributed by atoms with van der Waals surface area (Å²) in [6.07, 6.45) is 0.979. The molecule has 2 N–H and O–H groups in total. The summed E-state index contributed by atoms with van der Waals surface area (Å²) in [5.74, 6) is -1.17. The van der Waals surface area contributed by atoms with Gasteiger partial charge in [-0.25, -0.2) is 8.78 Å². The first kappa shape index (κ1) is 21.1. The lowest BCUT2D eigenvalue weighted by molar-refractivity contribution is -0.122. The highest BCUT2D eigenvalue weighted by Crippen LogP contribution is 2.27. The van der Waals surface area contributed by atoms with Crippen LogP contribution in [0.15, 0.2) is 48.5 Å². The number of carbonyl (C=O) groups is 1. The molecule has 146 valence electrons. The summed E-state index contributed by atoms with van der Waals surface area (Å²) in [5, 5.41) is 6.22. The first-order valence-electron chi connectivity index (χ1n) is 8.76. The molecule has 0 saturated carbocycles. The molecular formula is C20H23ClF2N2O2. The van der Waals surface area contributed by atoms with Crippen LogP contribution in [0, 0.1) is 11.6 Å². The first-order valence-corrected chi connectivity index (χ1v) is 8.76. The fourth-order valence-corrected chi connectivity index (χ4v) is 3.21. The van der Waals surface area contributed by atoms with Gasteiger partial charge >= 0.3 is 0 Å². The molecular weight excluding hydrogens is 374 g/mol. The Bertz CT molecular complexity index is 746. The highest BCUT2D eigenvalue weighted by molar-refractivity contribution is 5.85. The number of hydrogen-bond donors (Lipinski definition) is 2. The predicted octanol–water partition coefficient (Wildman–Crippen LogP) is 3.42. The van der Waals surface area contributed by atoms with E-state index in [0.717, 1.165) is 24.8 Å². The van der Waals surface area contributed by atoms with Crippen molar-refractivity contribution >= 4 is 18.3 Å². The van der Waals surface area contributed by atoms with E-state index in [1.807, 2.05) is 30.3 Å².